The van der Waals surface area contributed by atoms with Crippen molar-refractivity contribution in [2.75, 3.05) is 13.1 Å². The van der Waals surface area contributed by atoms with Crippen LogP contribution in [0.3, 0.4) is 0 Å². The molecule has 0 bridgehead atoms. The third-order valence-electron chi connectivity index (χ3n) is 3.38. The first-order chi connectivity index (χ1) is 10.6. The number of rotatable bonds is 7. The van der Waals surface area contributed by atoms with E-state index in [1.165, 1.54) is 11.1 Å². The Bertz CT molecular complexity index is 611. The van der Waals surface area contributed by atoms with E-state index >= 15 is 0 Å². The second kappa shape index (κ2) is 8.57. The van der Waals surface area contributed by atoms with Crippen molar-refractivity contribution in [3.63, 3.8) is 0 Å². The summed E-state index contributed by atoms with van der Waals surface area (Å²) in [6.07, 6.45) is 0.853. The molecule has 2 N–H and O–H groups in total. The third-order valence-corrected chi connectivity index (χ3v) is 3.61. The van der Waals surface area contributed by atoms with E-state index in [1.807, 2.05) is 55.5 Å². The predicted molar refractivity (Wildman–Crippen MR) is 91.1 cm³/mol. The highest BCUT2D eigenvalue weighted by atomic mass is 35.5. The number of aryl methyl sites for hydroxylation is 1. The standard InChI is InChI=1S/C18H21ClN2O/c1-14-5-7-16(8-6-14)12-21-18(22)13-20-10-9-15-3-2-4-17(19)11-15/h2-8,11,20H,9-10,12-13H2,1H3,(H,21,22). The number of hydrogen-bond donors (Lipinski definition) is 2. The Morgan fingerprint density at radius 2 is 1.86 bits per heavy atom. The van der Waals surface area contributed by atoms with Crippen molar-refractivity contribution in [3.8, 4) is 0 Å². The summed E-state index contributed by atoms with van der Waals surface area (Å²) in [4.78, 5) is 11.8. The Morgan fingerprint density at radius 3 is 2.59 bits per heavy atom. The zero-order valence-corrected chi connectivity index (χ0v) is 13.5. The molecule has 3 nitrogen and oxygen atoms in total. The van der Waals surface area contributed by atoms with Crippen LogP contribution in [0.1, 0.15) is 16.7 Å². The molecule has 1 amide bonds. The van der Waals surface area contributed by atoms with Crippen LogP contribution in [-0.4, -0.2) is 19.0 Å². The molecule has 0 fully saturated rings. The molecular formula is C18H21ClN2O. The van der Waals surface area contributed by atoms with Crippen molar-refractivity contribution in [1.82, 2.24) is 10.6 Å². The van der Waals surface area contributed by atoms with Gasteiger partial charge in [0.2, 0.25) is 5.91 Å². The highest BCUT2D eigenvalue weighted by Crippen LogP contribution is 2.10. The number of hydrogen-bond acceptors (Lipinski definition) is 2. The van der Waals surface area contributed by atoms with Gasteiger partial charge < -0.3 is 10.6 Å². The van der Waals surface area contributed by atoms with Gasteiger partial charge in [0, 0.05) is 11.6 Å². The molecule has 0 radical (unpaired) electrons. The average molecular weight is 317 g/mol. The smallest absolute Gasteiger partial charge is 0.234 e. The number of halogens is 1. The minimum Gasteiger partial charge on any atom is -0.351 e. The average Bonchev–Trinajstić information content (AvgIpc) is 2.51. The number of amides is 1. The number of nitrogens with one attached hydrogen (secondary N) is 2. The molecule has 2 aromatic rings. The Balaban J connectivity index is 1.62. The van der Waals surface area contributed by atoms with E-state index in [0.29, 0.717) is 13.1 Å². The van der Waals surface area contributed by atoms with Crippen LogP contribution in [0.25, 0.3) is 0 Å². The van der Waals surface area contributed by atoms with Crippen LogP contribution in [0.4, 0.5) is 0 Å². The van der Waals surface area contributed by atoms with Crippen molar-refractivity contribution in [3.05, 3.63) is 70.2 Å². The van der Waals surface area contributed by atoms with Crippen LogP contribution >= 0.6 is 11.6 Å². The first kappa shape index (κ1) is 16.5. The second-order valence-electron chi connectivity index (χ2n) is 5.32. The van der Waals surface area contributed by atoms with Crippen LogP contribution in [0.5, 0.6) is 0 Å². The molecule has 0 saturated carbocycles. The van der Waals surface area contributed by atoms with Gasteiger partial charge in [-0.25, -0.2) is 0 Å². The predicted octanol–water partition coefficient (Wildman–Crippen LogP) is 3.10. The molecule has 0 spiro atoms. The minimum atomic E-state index is 0.00618. The number of benzene rings is 2. The Labute approximate surface area is 136 Å². The molecule has 2 aromatic carbocycles. The van der Waals surface area contributed by atoms with Gasteiger partial charge in [-0.2, -0.15) is 0 Å². The second-order valence-corrected chi connectivity index (χ2v) is 5.76. The summed E-state index contributed by atoms with van der Waals surface area (Å²) < 4.78 is 0. The molecule has 0 unspecified atom stereocenters. The zero-order chi connectivity index (χ0) is 15.8. The molecular weight excluding hydrogens is 296 g/mol. The van der Waals surface area contributed by atoms with E-state index in [-0.39, 0.29) is 5.91 Å². The Kier molecular flexibility index (Phi) is 6.44. The maximum Gasteiger partial charge on any atom is 0.234 e. The van der Waals surface area contributed by atoms with Crippen LogP contribution in [0, 0.1) is 6.92 Å². The van der Waals surface area contributed by atoms with Crippen LogP contribution in [0.15, 0.2) is 48.5 Å². The number of carbonyl (C=O) groups is 1. The Morgan fingerprint density at radius 1 is 1.09 bits per heavy atom. The summed E-state index contributed by atoms with van der Waals surface area (Å²) in [5.41, 5.74) is 3.50. The lowest BCUT2D eigenvalue weighted by molar-refractivity contribution is -0.120. The molecule has 0 aliphatic carbocycles. The van der Waals surface area contributed by atoms with Gasteiger partial charge in [0.25, 0.3) is 0 Å². The summed E-state index contributed by atoms with van der Waals surface area (Å²) in [6.45, 7) is 3.69. The van der Waals surface area contributed by atoms with Crippen molar-refractivity contribution in [2.45, 2.75) is 19.9 Å². The summed E-state index contributed by atoms with van der Waals surface area (Å²) in [5, 5.41) is 6.79. The summed E-state index contributed by atoms with van der Waals surface area (Å²) in [5.74, 6) is 0.00618. The molecule has 116 valence electrons. The van der Waals surface area contributed by atoms with Gasteiger partial charge in [-0.1, -0.05) is 53.6 Å². The van der Waals surface area contributed by atoms with Crippen LogP contribution < -0.4 is 10.6 Å². The first-order valence-electron chi connectivity index (χ1n) is 7.41. The number of carbonyl (C=O) groups excluding carboxylic acids is 1. The fourth-order valence-electron chi connectivity index (χ4n) is 2.10. The lowest BCUT2D eigenvalue weighted by atomic mass is 10.1. The minimum absolute atomic E-state index is 0.00618. The zero-order valence-electron chi connectivity index (χ0n) is 12.7. The van der Waals surface area contributed by atoms with Gasteiger partial charge >= 0.3 is 0 Å². The molecule has 0 heterocycles. The monoisotopic (exact) mass is 316 g/mol. The van der Waals surface area contributed by atoms with E-state index in [1.54, 1.807) is 0 Å². The summed E-state index contributed by atoms with van der Waals surface area (Å²) >= 11 is 5.93. The fraction of sp³-hybridized carbons (Fsp3) is 0.278. The molecule has 0 aliphatic rings. The first-order valence-corrected chi connectivity index (χ1v) is 7.79. The lowest BCUT2D eigenvalue weighted by Gasteiger charge is -2.07. The van der Waals surface area contributed by atoms with Gasteiger partial charge in [-0.3, -0.25) is 4.79 Å². The lowest BCUT2D eigenvalue weighted by Crippen LogP contribution is -2.34. The van der Waals surface area contributed by atoms with Crippen molar-refractivity contribution >= 4 is 17.5 Å². The van der Waals surface area contributed by atoms with E-state index in [4.69, 9.17) is 11.6 Å². The fourth-order valence-corrected chi connectivity index (χ4v) is 2.31. The van der Waals surface area contributed by atoms with E-state index in [2.05, 4.69) is 10.6 Å². The largest absolute Gasteiger partial charge is 0.351 e. The Hall–Kier alpha value is -1.84. The summed E-state index contributed by atoms with van der Waals surface area (Å²) in [7, 11) is 0. The SMILES string of the molecule is Cc1ccc(CNC(=O)CNCCc2cccc(Cl)c2)cc1. The van der Waals surface area contributed by atoms with E-state index in [9.17, 15) is 4.79 Å². The molecule has 2 rings (SSSR count). The van der Waals surface area contributed by atoms with E-state index < -0.39 is 0 Å². The van der Waals surface area contributed by atoms with Crippen molar-refractivity contribution < 1.29 is 4.79 Å². The van der Waals surface area contributed by atoms with E-state index in [0.717, 1.165) is 23.6 Å². The molecule has 0 aliphatic heterocycles. The van der Waals surface area contributed by atoms with Gasteiger partial charge in [-0.05, 0) is 43.1 Å². The van der Waals surface area contributed by atoms with Gasteiger partial charge in [0.05, 0.1) is 6.54 Å². The maximum atomic E-state index is 11.8. The molecule has 0 atom stereocenters. The highest BCUT2D eigenvalue weighted by molar-refractivity contribution is 6.30. The van der Waals surface area contributed by atoms with Gasteiger partial charge in [-0.15, -0.1) is 0 Å². The van der Waals surface area contributed by atoms with Crippen LogP contribution in [0.2, 0.25) is 5.02 Å². The highest BCUT2D eigenvalue weighted by Gasteiger charge is 2.01. The maximum absolute atomic E-state index is 11.8. The van der Waals surface area contributed by atoms with Crippen molar-refractivity contribution in [1.29, 1.82) is 0 Å². The van der Waals surface area contributed by atoms with Crippen molar-refractivity contribution in [2.24, 2.45) is 0 Å². The molecule has 22 heavy (non-hydrogen) atoms. The normalized spacial score (nSPS) is 10.5. The third kappa shape index (κ3) is 5.88. The topological polar surface area (TPSA) is 41.1 Å². The van der Waals surface area contributed by atoms with Gasteiger partial charge in [0.1, 0.15) is 0 Å². The van der Waals surface area contributed by atoms with Gasteiger partial charge in [0.15, 0.2) is 0 Å². The van der Waals surface area contributed by atoms with Crippen LogP contribution in [-0.2, 0) is 17.8 Å². The molecule has 0 saturated heterocycles. The summed E-state index contributed by atoms with van der Waals surface area (Å²) in [6, 6.07) is 15.9. The molecule has 4 heteroatoms. The molecule has 0 aromatic heterocycles. The quantitative estimate of drug-likeness (QED) is 0.771.